The maximum atomic E-state index is 6.08. The predicted molar refractivity (Wildman–Crippen MR) is 62.1 cm³/mol. The van der Waals surface area contributed by atoms with Crippen LogP contribution in [-0.4, -0.2) is 20.3 Å². The number of nitrogens with two attached hydrogens (primary N) is 1. The van der Waals surface area contributed by atoms with Crippen LogP contribution in [0.5, 0.6) is 0 Å². The minimum atomic E-state index is 0.128. The molecule has 1 aromatic heterocycles. The molecule has 0 atom stereocenters. The van der Waals surface area contributed by atoms with Gasteiger partial charge in [0.1, 0.15) is 5.82 Å². The summed E-state index contributed by atoms with van der Waals surface area (Å²) in [5.41, 5.74) is 6.21. The van der Waals surface area contributed by atoms with Crippen LogP contribution in [0.1, 0.15) is 50.2 Å². The first-order valence-corrected chi connectivity index (χ1v) is 6.47. The summed E-state index contributed by atoms with van der Waals surface area (Å²) < 4.78 is 2.11. The van der Waals surface area contributed by atoms with E-state index < -0.39 is 0 Å². The first-order chi connectivity index (χ1) is 7.75. The largest absolute Gasteiger partial charge is 0.325 e. The minimum Gasteiger partial charge on any atom is -0.325 e. The van der Waals surface area contributed by atoms with E-state index in [4.69, 9.17) is 5.73 Å². The average molecular weight is 220 g/mol. The molecule has 4 heteroatoms. The Labute approximate surface area is 96.2 Å². The third-order valence-electron chi connectivity index (χ3n) is 3.80. The van der Waals surface area contributed by atoms with E-state index in [-0.39, 0.29) is 5.54 Å². The molecule has 1 aliphatic carbocycles. The third-order valence-corrected chi connectivity index (χ3v) is 3.80. The van der Waals surface area contributed by atoms with E-state index >= 15 is 0 Å². The van der Waals surface area contributed by atoms with Gasteiger partial charge in [0.25, 0.3) is 0 Å². The molecular formula is C12H20N4. The Kier molecular flexibility index (Phi) is 2.46. The van der Waals surface area contributed by atoms with Gasteiger partial charge >= 0.3 is 0 Å². The monoisotopic (exact) mass is 220 g/mol. The summed E-state index contributed by atoms with van der Waals surface area (Å²) in [4.78, 5) is 4.64. The molecule has 0 saturated heterocycles. The molecule has 1 fully saturated rings. The molecule has 2 N–H and O–H groups in total. The zero-order chi connectivity index (χ0) is 11.0. The lowest BCUT2D eigenvalue weighted by Gasteiger charge is -2.04. The van der Waals surface area contributed by atoms with E-state index in [1.165, 1.54) is 37.9 Å². The van der Waals surface area contributed by atoms with Crippen molar-refractivity contribution in [3.63, 3.8) is 0 Å². The van der Waals surface area contributed by atoms with Crippen LogP contribution < -0.4 is 5.73 Å². The van der Waals surface area contributed by atoms with Gasteiger partial charge in [-0.05, 0) is 32.1 Å². The van der Waals surface area contributed by atoms with Crippen molar-refractivity contribution in [2.75, 3.05) is 0 Å². The van der Waals surface area contributed by atoms with E-state index in [0.717, 1.165) is 31.6 Å². The van der Waals surface area contributed by atoms with Gasteiger partial charge in [-0.25, -0.2) is 9.67 Å². The van der Waals surface area contributed by atoms with Gasteiger partial charge in [0.15, 0.2) is 5.82 Å². The van der Waals surface area contributed by atoms with Crippen molar-refractivity contribution < 1.29 is 0 Å². The van der Waals surface area contributed by atoms with Crippen LogP contribution in [-0.2, 0) is 19.4 Å². The third kappa shape index (κ3) is 2.12. The molecule has 2 heterocycles. The van der Waals surface area contributed by atoms with Crippen molar-refractivity contribution in [1.29, 1.82) is 0 Å². The van der Waals surface area contributed by atoms with E-state index in [2.05, 4.69) is 14.8 Å². The predicted octanol–water partition coefficient (Wildman–Crippen LogP) is 1.43. The highest BCUT2D eigenvalue weighted by atomic mass is 15.3. The summed E-state index contributed by atoms with van der Waals surface area (Å²) in [5, 5.41) is 4.59. The SMILES string of the molecule is NC1(CCc2nc3n(n2)CCCCC3)CC1. The summed E-state index contributed by atoms with van der Waals surface area (Å²) >= 11 is 0. The second-order valence-corrected chi connectivity index (χ2v) is 5.34. The summed E-state index contributed by atoms with van der Waals surface area (Å²) in [7, 11) is 0. The van der Waals surface area contributed by atoms with Gasteiger partial charge in [0.2, 0.25) is 0 Å². The number of fused-ring (bicyclic) bond motifs is 1. The lowest BCUT2D eigenvalue weighted by atomic mass is 10.1. The highest BCUT2D eigenvalue weighted by Gasteiger charge is 2.37. The second kappa shape index (κ2) is 3.84. The molecule has 0 amide bonds. The van der Waals surface area contributed by atoms with E-state index in [9.17, 15) is 0 Å². The molecule has 1 aromatic rings. The number of aryl methyl sites for hydroxylation is 3. The van der Waals surface area contributed by atoms with E-state index in [1.807, 2.05) is 0 Å². The van der Waals surface area contributed by atoms with Gasteiger partial charge in [-0.3, -0.25) is 0 Å². The van der Waals surface area contributed by atoms with Crippen molar-refractivity contribution in [3.8, 4) is 0 Å². The van der Waals surface area contributed by atoms with Crippen LogP contribution in [0.15, 0.2) is 0 Å². The number of aromatic nitrogens is 3. The van der Waals surface area contributed by atoms with Crippen LogP contribution in [0.3, 0.4) is 0 Å². The zero-order valence-corrected chi connectivity index (χ0v) is 9.78. The van der Waals surface area contributed by atoms with Crippen LogP contribution in [0, 0.1) is 0 Å². The second-order valence-electron chi connectivity index (χ2n) is 5.34. The first kappa shape index (κ1) is 10.3. The van der Waals surface area contributed by atoms with Gasteiger partial charge in [-0.15, -0.1) is 0 Å². The Morgan fingerprint density at radius 1 is 1.25 bits per heavy atom. The van der Waals surface area contributed by atoms with Crippen LogP contribution >= 0.6 is 0 Å². The van der Waals surface area contributed by atoms with Gasteiger partial charge < -0.3 is 5.73 Å². The molecule has 0 spiro atoms. The Hall–Kier alpha value is -0.900. The van der Waals surface area contributed by atoms with Crippen LogP contribution in [0.4, 0.5) is 0 Å². The highest BCUT2D eigenvalue weighted by molar-refractivity contribution is 5.02. The number of nitrogens with zero attached hydrogens (tertiary/aromatic N) is 3. The topological polar surface area (TPSA) is 56.7 Å². The minimum absolute atomic E-state index is 0.128. The molecule has 1 aliphatic heterocycles. The van der Waals surface area contributed by atoms with Gasteiger partial charge in [0, 0.05) is 24.9 Å². The van der Waals surface area contributed by atoms with Crippen LogP contribution in [0.25, 0.3) is 0 Å². The number of hydrogen-bond donors (Lipinski definition) is 1. The van der Waals surface area contributed by atoms with Gasteiger partial charge in [-0.1, -0.05) is 6.42 Å². The van der Waals surface area contributed by atoms with Crippen molar-refractivity contribution in [3.05, 3.63) is 11.6 Å². The molecule has 16 heavy (non-hydrogen) atoms. The standard InChI is InChI=1S/C12H20N4/c13-12(7-8-12)6-5-10-14-11-4-2-1-3-9-16(11)15-10/h1-9,13H2. The van der Waals surface area contributed by atoms with Crippen molar-refractivity contribution >= 4 is 0 Å². The zero-order valence-electron chi connectivity index (χ0n) is 9.78. The van der Waals surface area contributed by atoms with Crippen molar-refractivity contribution in [2.24, 2.45) is 5.73 Å². The van der Waals surface area contributed by atoms with E-state index in [0.29, 0.717) is 0 Å². The summed E-state index contributed by atoms with van der Waals surface area (Å²) in [6.45, 7) is 1.05. The lowest BCUT2D eigenvalue weighted by Crippen LogP contribution is -2.22. The fourth-order valence-corrected chi connectivity index (χ4v) is 2.39. The first-order valence-electron chi connectivity index (χ1n) is 6.47. The quantitative estimate of drug-likeness (QED) is 0.838. The maximum absolute atomic E-state index is 6.08. The van der Waals surface area contributed by atoms with Crippen molar-refractivity contribution in [1.82, 2.24) is 14.8 Å². The summed E-state index contributed by atoms with van der Waals surface area (Å²) in [5.74, 6) is 2.20. The molecule has 0 radical (unpaired) electrons. The van der Waals surface area contributed by atoms with Gasteiger partial charge in [0.05, 0.1) is 0 Å². The Morgan fingerprint density at radius 3 is 2.94 bits per heavy atom. The smallest absolute Gasteiger partial charge is 0.151 e. The average Bonchev–Trinajstić information content (AvgIpc) is 2.95. The fourth-order valence-electron chi connectivity index (χ4n) is 2.39. The molecule has 0 aromatic carbocycles. The van der Waals surface area contributed by atoms with E-state index in [1.54, 1.807) is 0 Å². The lowest BCUT2D eigenvalue weighted by molar-refractivity contribution is 0.556. The maximum Gasteiger partial charge on any atom is 0.151 e. The molecule has 1 saturated carbocycles. The molecular weight excluding hydrogens is 200 g/mol. The summed E-state index contributed by atoms with van der Waals surface area (Å²) in [6, 6.07) is 0. The fraction of sp³-hybridized carbons (Fsp3) is 0.833. The number of hydrogen-bond acceptors (Lipinski definition) is 3. The Bertz CT molecular complexity index is 355. The molecule has 88 valence electrons. The molecule has 4 nitrogen and oxygen atoms in total. The number of rotatable bonds is 3. The molecule has 3 rings (SSSR count). The van der Waals surface area contributed by atoms with Crippen LogP contribution in [0.2, 0.25) is 0 Å². The molecule has 0 unspecified atom stereocenters. The normalized spacial score (nSPS) is 22.6. The Balaban J connectivity index is 1.66. The molecule has 0 bridgehead atoms. The van der Waals surface area contributed by atoms with Crippen molar-refractivity contribution in [2.45, 2.75) is 63.5 Å². The molecule has 2 aliphatic rings. The summed E-state index contributed by atoms with van der Waals surface area (Å²) in [6.07, 6.45) is 9.29. The highest BCUT2D eigenvalue weighted by Crippen LogP contribution is 2.36. The van der Waals surface area contributed by atoms with Gasteiger partial charge in [-0.2, -0.15) is 5.10 Å². The Morgan fingerprint density at radius 2 is 2.12 bits per heavy atom.